The lowest BCUT2D eigenvalue weighted by Crippen LogP contribution is -2.40. The van der Waals surface area contributed by atoms with Gasteiger partial charge in [0.25, 0.3) is 11.6 Å². The number of nitrogens with two attached hydrogens (primary N) is 1. The van der Waals surface area contributed by atoms with Crippen molar-refractivity contribution in [1.29, 1.82) is 0 Å². The molecule has 0 saturated heterocycles. The van der Waals surface area contributed by atoms with Crippen molar-refractivity contribution in [3.63, 3.8) is 0 Å². The minimum Gasteiger partial charge on any atom is -0.393 e. The molecule has 0 heterocycles. The molecule has 0 unspecified atom stereocenters. The van der Waals surface area contributed by atoms with Crippen LogP contribution in [0.4, 0.5) is 15.8 Å². The minimum absolute atomic E-state index is 0.239. The molecule has 0 aliphatic rings. The van der Waals surface area contributed by atoms with Crippen LogP contribution in [0.1, 0.15) is 31.1 Å². The average molecular weight is 255 g/mol. The number of nitrogens with zero attached hydrogens (tertiary/aromatic N) is 1. The highest BCUT2D eigenvalue weighted by molar-refractivity contribution is 6.01. The fourth-order valence-corrected chi connectivity index (χ4v) is 1.35. The van der Waals surface area contributed by atoms with Crippen LogP contribution in [0.5, 0.6) is 0 Å². The molecule has 0 aliphatic carbocycles. The zero-order valence-electron chi connectivity index (χ0n) is 10.3. The maximum absolute atomic E-state index is 13.2. The van der Waals surface area contributed by atoms with Gasteiger partial charge in [0, 0.05) is 5.54 Å². The van der Waals surface area contributed by atoms with Crippen molar-refractivity contribution in [3.8, 4) is 0 Å². The lowest BCUT2D eigenvalue weighted by molar-refractivity contribution is -0.384. The summed E-state index contributed by atoms with van der Waals surface area (Å²) in [6.07, 6.45) is 0. The highest BCUT2D eigenvalue weighted by Gasteiger charge is 2.24. The van der Waals surface area contributed by atoms with Crippen LogP contribution in [0.2, 0.25) is 0 Å². The molecular formula is C11H14FN3O3. The molecule has 0 bridgehead atoms. The molecule has 0 saturated carbocycles. The van der Waals surface area contributed by atoms with Gasteiger partial charge in [-0.2, -0.15) is 0 Å². The fourth-order valence-electron chi connectivity index (χ4n) is 1.35. The van der Waals surface area contributed by atoms with E-state index in [2.05, 4.69) is 5.32 Å². The topological polar surface area (TPSA) is 98.3 Å². The minimum atomic E-state index is -0.880. The molecule has 1 aromatic rings. The van der Waals surface area contributed by atoms with E-state index in [0.29, 0.717) is 6.07 Å². The van der Waals surface area contributed by atoms with Gasteiger partial charge in [-0.3, -0.25) is 14.9 Å². The number of nitro groups is 1. The molecule has 7 heteroatoms. The Morgan fingerprint density at radius 3 is 2.44 bits per heavy atom. The Morgan fingerprint density at radius 2 is 2.00 bits per heavy atom. The van der Waals surface area contributed by atoms with Gasteiger partial charge in [-0.25, -0.2) is 4.39 Å². The second-order valence-electron chi connectivity index (χ2n) is 4.85. The number of nitrogens with one attached hydrogen (secondary N) is 1. The van der Waals surface area contributed by atoms with E-state index in [-0.39, 0.29) is 11.3 Å². The predicted octanol–water partition coefficient (Wildman–Crippen LogP) is 1.84. The number of benzene rings is 1. The van der Waals surface area contributed by atoms with Crippen molar-refractivity contribution in [3.05, 3.63) is 33.6 Å². The van der Waals surface area contributed by atoms with Gasteiger partial charge in [0.2, 0.25) is 0 Å². The number of carbonyl (C=O) groups excluding carboxylic acids is 1. The highest BCUT2D eigenvalue weighted by Crippen LogP contribution is 2.26. The number of halogens is 1. The number of amides is 1. The van der Waals surface area contributed by atoms with Gasteiger partial charge in [-0.1, -0.05) is 0 Å². The van der Waals surface area contributed by atoms with Gasteiger partial charge in [0.15, 0.2) is 0 Å². The van der Waals surface area contributed by atoms with Crippen molar-refractivity contribution in [1.82, 2.24) is 5.32 Å². The normalized spacial score (nSPS) is 11.1. The quantitative estimate of drug-likeness (QED) is 0.478. The van der Waals surface area contributed by atoms with Crippen LogP contribution in [-0.2, 0) is 0 Å². The first-order valence-electron chi connectivity index (χ1n) is 5.18. The molecule has 1 rings (SSSR count). The van der Waals surface area contributed by atoms with E-state index in [1.54, 1.807) is 20.8 Å². The molecule has 18 heavy (non-hydrogen) atoms. The summed E-state index contributed by atoms with van der Waals surface area (Å²) in [6.45, 7) is 5.19. The largest absolute Gasteiger partial charge is 0.393 e. The molecule has 0 aliphatic heterocycles. The molecule has 0 spiro atoms. The number of nitro benzene ring substituents is 1. The second-order valence-corrected chi connectivity index (χ2v) is 4.85. The zero-order chi connectivity index (χ0) is 14.1. The van der Waals surface area contributed by atoms with Crippen LogP contribution in [0.25, 0.3) is 0 Å². The first kappa shape index (κ1) is 13.9. The third-order valence-electron chi connectivity index (χ3n) is 2.05. The van der Waals surface area contributed by atoms with Gasteiger partial charge in [-0.05, 0) is 26.8 Å². The Labute approximate surface area is 103 Å². The van der Waals surface area contributed by atoms with Crippen molar-refractivity contribution < 1.29 is 14.1 Å². The van der Waals surface area contributed by atoms with Crippen LogP contribution in [-0.4, -0.2) is 16.4 Å². The predicted molar refractivity (Wildman–Crippen MR) is 64.7 cm³/mol. The molecule has 6 nitrogen and oxygen atoms in total. The molecule has 0 aromatic heterocycles. The standard InChI is InChI=1S/C11H14FN3O3/c1-11(2,3)14-10(16)7-4-6(12)5-8(9(7)13)15(17)18/h4-5H,13H2,1-3H3,(H,14,16). The van der Waals surface area contributed by atoms with Crippen LogP contribution in [0, 0.1) is 15.9 Å². The SMILES string of the molecule is CC(C)(C)NC(=O)c1cc(F)cc([N+](=O)[O-])c1N. The average Bonchev–Trinajstić information content (AvgIpc) is 2.17. The van der Waals surface area contributed by atoms with Crippen molar-refractivity contribution in [2.24, 2.45) is 0 Å². The molecular weight excluding hydrogens is 241 g/mol. The molecule has 0 fully saturated rings. The second kappa shape index (κ2) is 4.59. The van der Waals surface area contributed by atoms with Crippen molar-refractivity contribution in [2.75, 3.05) is 5.73 Å². The number of hydrogen-bond acceptors (Lipinski definition) is 4. The van der Waals surface area contributed by atoms with Gasteiger partial charge in [0.05, 0.1) is 16.6 Å². The summed E-state index contributed by atoms with van der Waals surface area (Å²) in [6, 6.07) is 1.56. The van der Waals surface area contributed by atoms with E-state index in [9.17, 15) is 19.3 Å². The van der Waals surface area contributed by atoms with Crippen LogP contribution in [0.3, 0.4) is 0 Å². The Kier molecular flexibility index (Phi) is 3.54. The molecule has 1 aromatic carbocycles. The lowest BCUT2D eigenvalue weighted by Gasteiger charge is -2.20. The summed E-state index contributed by atoms with van der Waals surface area (Å²) in [5.74, 6) is -1.53. The Morgan fingerprint density at radius 1 is 1.44 bits per heavy atom. The van der Waals surface area contributed by atoms with Crippen LogP contribution >= 0.6 is 0 Å². The van der Waals surface area contributed by atoms with Crippen LogP contribution < -0.4 is 11.1 Å². The Balaban J connectivity index is 3.25. The fraction of sp³-hybridized carbons (Fsp3) is 0.364. The van der Waals surface area contributed by atoms with Gasteiger partial charge in [-0.15, -0.1) is 0 Å². The van der Waals surface area contributed by atoms with Gasteiger partial charge in [0.1, 0.15) is 11.5 Å². The third-order valence-corrected chi connectivity index (χ3v) is 2.05. The van der Waals surface area contributed by atoms with Crippen molar-refractivity contribution in [2.45, 2.75) is 26.3 Å². The summed E-state index contributed by atoms with van der Waals surface area (Å²) in [4.78, 5) is 21.7. The van der Waals surface area contributed by atoms with E-state index in [0.717, 1.165) is 6.07 Å². The molecule has 0 atom stereocenters. The number of hydrogen-bond donors (Lipinski definition) is 2. The Hall–Kier alpha value is -2.18. The number of carbonyl (C=O) groups is 1. The summed E-state index contributed by atoms with van der Waals surface area (Å²) < 4.78 is 13.2. The first-order valence-corrected chi connectivity index (χ1v) is 5.18. The number of rotatable bonds is 2. The lowest BCUT2D eigenvalue weighted by atomic mass is 10.1. The van der Waals surface area contributed by atoms with E-state index in [1.807, 2.05) is 0 Å². The monoisotopic (exact) mass is 255 g/mol. The maximum Gasteiger partial charge on any atom is 0.295 e. The summed E-state index contributed by atoms with van der Waals surface area (Å²) in [5.41, 5.74) is 3.75. The van der Waals surface area contributed by atoms with Gasteiger partial charge >= 0.3 is 0 Å². The van der Waals surface area contributed by atoms with E-state index < -0.39 is 27.9 Å². The molecule has 1 amide bonds. The summed E-state index contributed by atoms with van der Waals surface area (Å²) >= 11 is 0. The van der Waals surface area contributed by atoms with E-state index >= 15 is 0 Å². The number of anilines is 1. The molecule has 0 radical (unpaired) electrons. The summed E-state index contributed by atoms with van der Waals surface area (Å²) in [5, 5.41) is 13.2. The first-order chi connectivity index (χ1) is 8.11. The highest BCUT2D eigenvalue weighted by atomic mass is 19.1. The number of nitrogen functional groups attached to an aromatic ring is 1. The maximum atomic E-state index is 13.2. The Bertz CT molecular complexity index is 509. The van der Waals surface area contributed by atoms with Crippen molar-refractivity contribution >= 4 is 17.3 Å². The molecule has 3 N–H and O–H groups in total. The molecule has 98 valence electrons. The van der Waals surface area contributed by atoms with E-state index in [1.165, 1.54) is 0 Å². The van der Waals surface area contributed by atoms with Crippen LogP contribution in [0.15, 0.2) is 12.1 Å². The van der Waals surface area contributed by atoms with Gasteiger partial charge < -0.3 is 11.1 Å². The smallest absolute Gasteiger partial charge is 0.295 e. The summed E-state index contributed by atoms with van der Waals surface area (Å²) in [7, 11) is 0. The zero-order valence-corrected chi connectivity index (χ0v) is 10.3. The van der Waals surface area contributed by atoms with E-state index in [4.69, 9.17) is 5.73 Å². The third kappa shape index (κ3) is 3.16.